The number of methoxy groups -OCH3 is 1. The van der Waals surface area contributed by atoms with E-state index in [0.29, 0.717) is 32.0 Å². The molecule has 2 aromatic carbocycles. The molecule has 1 fully saturated rings. The van der Waals surface area contributed by atoms with Crippen LogP contribution in [0.25, 0.3) is 0 Å². The van der Waals surface area contributed by atoms with Crippen LogP contribution in [-0.2, 0) is 4.74 Å². The number of nitrogens with one attached hydrogen (secondary N) is 1. The molecule has 1 aliphatic rings. The Bertz CT molecular complexity index is 944. The maximum Gasteiger partial charge on any atom is 0.258 e. The zero-order chi connectivity index (χ0) is 21.1. The van der Waals surface area contributed by atoms with Crippen LogP contribution >= 0.6 is 0 Å². The number of anilines is 1. The first kappa shape index (κ1) is 20.8. The normalized spacial score (nSPS) is 14.7. The number of rotatable bonds is 4. The van der Waals surface area contributed by atoms with E-state index in [1.807, 2.05) is 0 Å². The molecule has 29 heavy (non-hydrogen) atoms. The lowest BCUT2D eigenvalue weighted by Gasteiger charge is -2.31. The molecule has 0 spiro atoms. The number of hydrogen-bond acceptors (Lipinski definition) is 3. The maximum atomic E-state index is 14.2. The number of carbonyl (C=O) groups excluding carboxylic acids is 2. The van der Waals surface area contributed by atoms with Gasteiger partial charge in [0.2, 0.25) is 0 Å². The van der Waals surface area contributed by atoms with Gasteiger partial charge in [-0.1, -0.05) is 6.07 Å². The summed E-state index contributed by atoms with van der Waals surface area (Å²) in [6.07, 6.45) is 1.16. The summed E-state index contributed by atoms with van der Waals surface area (Å²) in [6.45, 7) is 0.675. The second-order valence-corrected chi connectivity index (χ2v) is 6.59. The van der Waals surface area contributed by atoms with Gasteiger partial charge in [-0.25, -0.2) is 17.6 Å². The van der Waals surface area contributed by atoms with Gasteiger partial charge < -0.3 is 15.0 Å². The lowest BCUT2D eigenvalue weighted by Crippen LogP contribution is -2.41. The lowest BCUT2D eigenvalue weighted by molar-refractivity contribution is 0.0348. The van der Waals surface area contributed by atoms with Gasteiger partial charge in [0, 0.05) is 26.3 Å². The average Bonchev–Trinajstić information content (AvgIpc) is 2.71. The zero-order valence-corrected chi connectivity index (χ0v) is 15.5. The predicted molar refractivity (Wildman–Crippen MR) is 96.6 cm³/mol. The van der Waals surface area contributed by atoms with Crippen molar-refractivity contribution in [3.63, 3.8) is 0 Å². The van der Waals surface area contributed by atoms with E-state index in [2.05, 4.69) is 5.32 Å². The molecule has 5 nitrogen and oxygen atoms in total. The zero-order valence-electron chi connectivity index (χ0n) is 15.5. The van der Waals surface area contributed by atoms with Crippen LogP contribution in [0.4, 0.5) is 23.2 Å². The van der Waals surface area contributed by atoms with Crippen molar-refractivity contribution in [2.45, 2.75) is 18.9 Å². The Kier molecular flexibility index (Phi) is 6.17. The molecule has 1 saturated heterocycles. The number of halogens is 4. The summed E-state index contributed by atoms with van der Waals surface area (Å²) < 4.78 is 60.6. The SMILES string of the molecule is COC1CCN(C(=O)c2cc(NC(=O)c3cccc(F)c3F)c(F)cc2F)CC1. The number of hydrogen-bond donors (Lipinski definition) is 1. The minimum absolute atomic E-state index is 0.00753. The van der Waals surface area contributed by atoms with Crippen LogP contribution < -0.4 is 5.32 Å². The second kappa shape index (κ2) is 8.60. The number of benzene rings is 2. The summed E-state index contributed by atoms with van der Waals surface area (Å²) in [5.41, 5.74) is -1.60. The van der Waals surface area contributed by atoms with Gasteiger partial charge in [0.1, 0.15) is 11.6 Å². The second-order valence-electron chi connectivity index (χ2n) is 6.59. The van der Waals surface area contributed by atoms with Crippen molar-refractivity contribution < 1.29 is 31.9 Å². The van der Waals surface area contributed by atoms with Crippen LogP contribution in [0, 0.1) is 23.3 Å². The Morgan fingerprint density at radius 2 is 1.69 bits per heavy atom. The summed E-state index contributed by atoms with van der Waals surface area (Å²) in [6, 6.07) is 4.28. The fourth-order valence-electron chi connectivity index (χ4n) is 3.14. The van der Waals surface area contributed by atoms with Crippen molar-refractivity contribution >= 4 is 17.5 Å². The predicted octanol–water partition coefficient (Wildman–Crippen LogP) is 3.75. The van der Waals surface area contributed by atoms with Gasteiger partial charge in [-0.2, -0.15) is 0 Å². The summed E-state index contributed by atoms with van der Waals surface area (Å²) in [5.74, 6) is -6.67. The lowest BCUT2D eigenvalue weighted by atomic mass is 10.1. The first-order valence-corrected chi connectivity index (χ1v) is 8.88. The molecule has 1 N–H and O–H groups in total. The van der Waals surface area contributed by atoms with Gasteiger partial charge in [0.05, 0.1) is 22.9 Å². The third-order valence-corrected chi connectivity index (χ3v) is 4.79. The Hall–Kier alpha value is -2.94. The van der Waals surface area contributed by atoms with E-state index in [-0.39, 0.29) is 6.10 Å². The van der Waals surface area contributed by atoms with Crippen LogP contribution in [0.15, 0.2) is 30.3 Å². The first-order valence-electron chi connectivity index (χ1n) is 8.88. The van der Waals surface area contributed by atoms with Gasteiger partial charge >= 0.3 is 0 Å². The molecule has 1 aliphatic heterocycles. The Morgan fingerprint density at radius 3 is 2.34 bits per heavy atom. The molecule has 3 rings (SSSR count). The Morgan fingerprint density at radius 1 is 1.00 bits per heavy atom. The van der Waals surface area contributed by atoms with Crippen molar-refractivity contribution in [3.05, 3.63) is 64.7 Å². The fraction of sp³-hybridized carbons (Fsp3) is 0.300. The highest BCUT2D eigenvalue weighted by molar-refractivity contribution is 6.05. The molecule has 9 heteroatoms. The minimum Gasteiger partial charge on any atom is -0.381 e. The van der Waals surface area contributed by atoms with Crippen molar-refractivity contribution in [2.24, 2.45) is 0 Å². The maximum absolute atomic E-state index is 14.2. The van der Waals surface area contributed by atoms with E-state index in [1.54, 1.807) is 7.11 Å². The molecule has 1 heterocycles. The van der Waals surface area contributed by atoms with Crippen molar-refractivity contribution in [1.82, 2.24) is 4.90 Å². The standard InChI is InChI=1S/C20H18F4N2O3/c1-29-11-5-7-26(8-6-11)20(28)13-9-17(16(23)10-15(13)22)25-19(27)12-3-2-4-14(21)18(12)24/h2-4,9-11H,5-8H2,1H3,(H,25,27). The largest absolute Gasteiger partial charge is 0.381 e. The average molecular weight is 410 g/mol. The van der Waals surface area contributed by atoms with Crippen molar-refractivity contribution in [3.8, 4) is 0 Å². The molecule has 0 saturated carbocycles. The molecule has 2 amide bonds. The van der Waals surface area contributed by atoms with Crippen LogP contribution in [0.3, 0.4) is 0 Å². The van der Waals surface area contributed by atoms with Crippen LogP contribution in [0.1, 0.15) is 33.6 Å². The Balaban J connectivity index is 1.83. The van der Waals surface area contributed by atoms with Crippen LogP contribution in [0.2, 0.25) is 0 Å². The molecule has 0 radical (unpaired) electrons. The summed E-state index contributed by atoms with van der Waals surface area (Å²) >= 11 is 0. The molecule has 2 aromatic rings. The monoisotopic (exact) mass is 410 g/mol. The summed E-state index contributed by atoms with van der Waals surface area (Å²) in [5, 5.41) is 2.06. The first-order chi connectivity index (χ1) is 13.8. The van der Waals surface area contributed by atoms with Gasteiger partial charge in [0.15, 0.2) is 11.6 Å². The van der Waals surface area contributed by atoms with Crippen LogP contribution in [0.5, 0.6) is 0 Å². The number of carbonyl (C=O) groups is 2. The summed E-state index contributed by atoms with van der Waals surface area (Å²) in [7, 11) is 1.57. The van der Waals surface area contributed by atoms with Crippen LogP contribution in [-0.4, -0.2) is 43.0 Å². The smallest absolute Gasteiger partial charge is 0.258 e. The van der Waals surface area contributed by atoms with Gasteiger partial charge in [-0.15, -0.1) is 0 Å². The van der Waals surface area contributed by atoms with E-state index >= 15 is 0 Å². The minimum atomic E-state index is -1.40. The van der Waals surface area contributed by atoms with E-state index in [1.165, 1.54) is 4.90 Å². The van der Waals surface area contributed by atoms with E-state index in [0.717, 1.165) is 24.3 Å². The topological polar surface area (TPSA) is 58.6 Å². The van der Waals surface area contributed by atoms with Gasteiger partial charge in [-0.05, 0) is 31.0 Å². The molecule has 154 valence electrons. The molecule has 0 aliphatic carbocycles. The summed E-state index contributed by atoms with van der Waals surface area (Å²) in [4.78, 5) is 26.2. The molecular formula is C20H18F4N2O3. The van der Waals surface area contributed by atoms with Gasteiger partial charge in [-0.3, -0.25) is 9.59 Å². The number of nitrogens with zero attached hydrogens (tertiary/aromatic N) is 1. The number of ether oxygens (including phenoxy) is 1. The molecular weight excluding hydrogens is 392 g/mol. The van der Waals surface area contributed by atoms with E-state index in [9.17, 15) is 27.2 Å². The molecule has 0 atom stereocenters. The van der Waals surface area contributed by atoms with Crippen molar-refractivity contribution in [2.75, 3.05) is 25.5 Å². The van der Waals surface area contributed by atoms with Gasteiger partial charge in [0.25, 0.3) is 11.8 Å². The fourth-order valence-corrected chi connectivity index (χ4v) is 3.14. The molecule has 0 bridgehead atoms. The third-order valence-electron chi connectivity index (χ3n) is 4.79. The highest BCUT2D eigenvalue weighted by Gasteiger charge is 2.27. The highest BCUT2D eigenvalue weighted by Crippen LogP contribution is 2.24. The quantitative estimate of drug-likeness (QED) is 0.782. The molecule has 0 unspecified atom stereocenters. The van der Waals surface area contributed by atoms with E-state index in [4.69, 9.17) is 4.74 Å². The third kappa shape index (κ3) is 4.40. The number of piperidine rings is 1. The Labute approximate surface area is 164 Å². The van der Waals surface area contributed by atoms with E-state index < -0.39 is 51.9 Å². The highest BCUT2D eigenvalue weighted by atomic mass is 19.2. The number of amides is 2. The molecule has 0 aromatic heterocycles. The van der Waals surface area contributed by atoms with Crippen molar-refractivity contribution in [1.29, 1.82) is 0 Å². The number of likely N-dealkylation sites (tertiary alicyclic amines) is 1.